The van der Waals surface area contributed by atoms with E-state index in [9.17, 15) is 26.0 Å². The molecular formula is C6H7BrF4N4O2S. The molecule has 0 amide bonds. The Kier molecular flexibility index (Phi) is 4.33. The highest BCUT2D eigenvalue weighted by Gasteiger charge is 2.42. The number of hydrogen-bond donors (Lipinski definition) is 1. The van der Waals surface area contributed by atoms with Gasteiger partial charge in [-0.2, -0.15) is 8.78 Å². The van der Waals surface area contributed by atoms with Gasteiger partial charge in [0.25, 0.3) is 10.0 Å². The van der Waals surface area contributed by atoms with Gasteiger partial charge in [-0.1, -0.05) is 5.21 Å². The summed E-state index contributed by atoms with van der Waals surface area (Å²) in [6.07, 6.45) is -3.96. The van der Waals surface area contributed by atoms with Gasteiger partial charge in [0, 0.05) is 7.05 Å². The van der Waals surface area contributed by atoms with Crippen molar-refractivity contribution in [2.45, 2.75) is 17.4 Å². The van der Waals surface area contributed by atoms with Crippen LogP contribution in [-0.2, 0) is 17.1 Å². The zero-order valence-electron chi connectivity index (χ0n) is 8.74. The molecule has 12 heteroatoms. The van der Waals surface area contributed by atoms with Crippen LogP contribution in [0.2, 0.25) is 0 Å². The standard InChI is InChI=1S/C6H7BrF4N4O2S/c1-15-4(3(7)13-14-15)18(16,17)12-2-6(10,11)5(8)9/h5,12H,2H2,1H3. The first kappa shape index (κ1) is 15.3. The molecule has 1 rings (SSSR count). The summed E-state index contributed by atoms with van der Waals surface area (Å²) >= 11 is 2.75. The minimum atomic E-state index is -4.45. The third-order valence-electron chi connectivity index (χ3n) is 1.81. The molecule has 0 aliphatic carbocycles. The highest BCUT2D eigenvalue weighted by Crippen LogP contribution is 2.23. The molecule has 0 radical (unpaired) electrons. The molecule has 0 unspecified atom stereocenters. The number of alkyl halides is 4. The van der Waals surface area contributed by atoms with Crippen LogP contribution in [0.4, 0.5) is 17.6 Å². The van der Waals surface area contributed by atoms with Crippen LogP contribution in [0.1, 0.15) is 0 Å². The van der Waals surface area contributed by atoms with E-state index in [4.69, 9.17) is 0 Å². The summed E-state index contributed by atoms with van der Waals surface area (Å²) in [5, 5.41) is 6.13. The Bertz CT molecular complexity index is 512. The van der Waals surface area contributed by atoms with Gasteiger partial charge in [0.1, 0.15) is 0 Å². The van der Waals surface area contributed by atoms with Crippen molar-refractivity contribution in [1.29, 1.82) is 0 Å². The maximum Gasteiger partial charge on any atom is 0.320 e. The number of nitrogens with zero attached hydrogens (tertiary/aromatic N) is 3. The summed E-state index contributed by atoms with van der Waals surface area (Å²) in [5.41, 5.74) is 0. The van der Waals surface area contributed by atoms with Gasteiger partial charge in [-0.3, -0.25) is 0 Å². The van der Waals surface area contributed by atoms with E-state index in [1.165, 1.54) is 11.8 Å². The van der Waals surface area contributed by atoms with Gasteiger partial charge in [0.15, 0.2) is 4.60 Å². The fourth-order valence-corrected chi connectivity index (χ4v) is 3.08. The van der Waals surface area contributed by atoms with Crippen molar-refractivity contribution in [2.75, 3.05) is 6.54 Å². The fraction of sp³-hybridized carbons (Fsp3) is 0.667. The van der Waals surface area contributed by atoms with Crippen molar-refractivity contribution in [3.63, 3.8) is 0 Å². The lowest BCUT2D eigenvalue weighted by atomic mass is 10.4. The number of aromatic nitrogens is 3. The second-order valence-electron chi connectivity index (χ2n) is 3.20. The molecule has 0 aromatic carbocycles. The summed E-state index contributed by atoms with van der Waals surface area (Å²) in [7, 11) is -3.21. The summed E-state index contributed by atoms with van der Waals surface area (Å²) in [5.74, 6) is -4.45. The zero-order chi connectivity index (χ0) is 14.1. The van der Waals surface area contributed by atoms with Gasteiger partial charge in [0.2, 0.25) is 5.03 Å². The molecule has 6 nitrogen and oxygen atoms in total. The van der Waals surface area contributed by atoms with Crippen LogP contribution in [0.5, 0.6) is 0 Å². The van der Waals surface area contributed by atoms with E-state index < -0.39 is 33.9 Å². The Balaban J connectivity index is 2.91. The predicted octanol–water partition coefficient (Wildman–Crippen LogP) is 0.756. The number of hydrogen-bond acceptors (Lipinski definition) is 4. The molecule has 0 saturated heterocycles. The topological polar surface area (TPSA) is 76.9 Å². The minimum Gasteiger partial charge on any atom is -0.235 e. The first-order chi connectivity index (χ1) is 8.08. The van der Waals surface area contributed by atoms with Crippen LogP contribution < -0.4 is 4.72 Å². The molecule has 0 spiro atoms. The summed E-state index contributed by atoms with van der Waals surface area (Å²) < 4.78 is 74.0. The van der Waals surface area contributed by atoms with Crippen LogP contribution in [0.15, 0.2) is 9.63 Å². The second kappa shape index (κ2) is 5.09. The Morgan fingerprint density at radius 1 is 1.50 bits per heavy atom. The maximum absolute atomic E-state index is 12.6. The lowest BCUT2D eigenvalue weighted by Gasteiger charge is -2.15. The molecule has 1 heterocycles. The predicted molar refractivity (Wildman–Crippen MR) is 54.8 cm³/mol. The molecule has 0 aliphatic heterocycles. The van der Waals surface area contributed by atoms with E-state index in [1.54, 1.807) is 0 Å². The molecule has 0 aliphatic rings. The molecule has 0 atom stereocenters. The van der Waals surface area contributed by atoms with E-state index in [1.807, 2.05) is 0 Å². The molecule has 0 fully saturated rings. The average Bonchev–Trinajstić information content (AvgIpc) is 2.56. The average molecular weight is 355 g/mol. The van der Waals surface area contributed by atoms with Crippen LogP contribution in [0.25, 0.3) is 0 Å². The molecular weight excluding hydrogens is 348 g/mol. The van der Waals surface area contributed by atoms with Crippen molar-refractivity contribution < 1.29 is 26.0 Å². The van der Waals surface area contributed by atoms with E-state index in [0.29, 0.717) is 0 Å². The molecule has 0 saturated carbocycles. The van der Waals surface area contributed by atoms with Gasteiger partial charge >= 0.3 is 12.3 Å². The van der Waals surface area contributed by atoms with E-state index in [-0.39, 0.29) is 4.60 Å². The number of rotatable bonds is 5. The lowest BCUT2D eigenvalue weighted by molar-refractivity contribution is -0.122. The van der Waals surface area contributed by atoms with Crippen molar-refractivity contribution in [3.05, 3.63) is 4.60 Å². The normalized spacial score (nSPS) is 13.3. The Labute approximate surface area is 108 Å². The largest absolute Gasteiger partial charge is 0.320 e. The van der Waals surface area contributed by atoms with Crippen LogP contribution >= 0.6 is 15.9 Å². The van der Waals surface area contributed by atoms with Crippen LogP contribution in [-0.4, -0.2) is 42.3 Å². The monoisotopic (exact) mass is 354 g/mol. The second-order valence-corrected chi connectivity index (χ2v) is 5.63. The van der Waals surface area contributed by atoms with E-state index in [2.05, 4.69) is 26.2 Å². The zero-order valence-corrected chi connectivity index (χ0v) is 11.1. The number of sulfonamides is 1. The number of halogens is 5. The van der Waals surface area contributed by atoms with Crippen molar-refractivity contribution in [2.24, 2.45) is 7.05 Å². The Hall–Kier alpha value is -0.750. The lowest BCUT2D eigenvalue weighted by Crippen LogP contribution is -2.41. The third kappa shape index (κ3) is 3.17. The highest BCUT2D eigenvalue weighted by atomic mass is 79.9. The van der Waals surface area contributed by atoms with Gasteiger partial charge in [-0.25, -0.2) is 26.6 Å². The molecule has 18 heavy (non-hydrogen) atoms. The summed E-state index contributed by atoms with van der Waals surface area (Å²) in [6.45, 7) is -1.72. The first-order valence-electron chi connectivity index (χ1n) is 4.29. The van der Waals surface area contributed by atoms with E-state index in [0.717, 1.165) is 4.68 Å². The smallest absolute Gasteiger partial charge is 0.235 e. The molecule has 1 aromatic heterocycles. The van der Waals surface area contributed by atoms with E-state index >= 15 is 0 Å². The Morgan fingerprint density at radius 3 is 2.44 bits per heavy atom. The quantitative estimate of drug-likeness (QED) is 0.792. The van der Waals surface area contributed by atoms with Gasteiger partial charge < -0.3 is 0 Å². The first-order valence-corrected chi connectivity index (χ1v) is 6.56. The molecule has 0 bridgehead atoms. The fourth-order valence-electron chi connectivity index (χ4n) is 0.945. The van der Waals surface area contributed by atoms with Crippen molar-refractivity contribution in [1.82, 2.24) is 19.7 Å². The number of nitrogens with one attached hydrogen (secondary N) is 1. The highest BCUT2D eigenvalue weighted by molar-refractivity contribution is 9.10. The van der Waals surface area contributed by atoms with Crippen LogP contribution in [0.3, 0.4) is 0 Å². The minimum absolute atomic E-state index is 0.210. The van der Waals surface area contributed by atoms with Gasteiger partial charge in [-0.15, -0.1) is 5.10 Å². The SMILES string of the molecule is Cn1nnc(Br)c1S(=O)(=O)NCC(F)(F)C(F)F. The van der Waals surface area contributed by atoms with Crippen molar-refractivity contribution in [3.8, 4) is 0 Å². The Morgan fingerprint density at radius 2 is 2.06 bits per heavy atom. The molecule has 1 aromatic rings. The molecule has 1 N–H and O–H groups in total. The van der Waals surface area contributed by atoms with Crippen LogP contribution in [0, 0.1) is 0 Å². The van der Waals surface area contributed by atoms with Crippen molar-refractivity contribution >= 4 is 26.0 Å². The van der Waals surface area contributed by atoms with Gasteiger partial charge in [-0.05, 0) is 15.9 Å². The molecule has 104 valence electrons. The number of aryl methyl sites for hydroxylation is 1. The van der Waals surface area contributed by atoms with Gasteiger partial charge in [0.05, 0.1) is 6.54 Å². The summed E-state index contributed by atoms with van der Waals surface area (Å²) in [6, 6.07) is 0. The maximum atomic E-state index is 12.6. The summed E-state index contributed by atoms with van der Waals surface area (Å²) in [4.78, 5) is 0. The third-order valence-corrected chi connectivity index (χ3v) is 4.10.